The number of non-ortho nitro benzene ring substituents is 1. The SMILES string of the molecule is O=C(c1ccc([N+](=O)[O-])cc1)N(c1ccc2oc(=O)sc2c1)S(=O)(=O)c1ccccc1. The monoisotopic (exact) mass is 456 g/mol. The maximum absolute atomic E-state index is 13.4. The van der Waals surface area contributed by atoms with Crippen LogP contribution < -0.4 is 9.24 Å². The summed E-state index contributed by atoms with van der Waals surface area (Å²) in [5, 5.41) is 10.9. The quantitative estimate of drug-likeness (QED) is 0.330. The summed E-state index contributed by atoms with van der Waals surface area (Å²) in [4.78, 5) is 34.4. The summed E-state index contributed by atoms with van der Waals surface area (Å²) in [7, 11) is -4.34. The van der Waals surface area contributed by atoms with Crippen LogP contribution in [0.2, 0.25) is 0 Å². The second kappa shape index (κ2) is 7.78. The third kappa shape index (κ3) is 3.83. The van der Waals surface area contributed by atoms with Gasteiger partial charge in [-0.1, -0.05) is 29.5 Å². The Morgan fingerprint density at radius 3 is 2.32 bits per heavy atom. The van der Waals surface area contributed by atoms with Gasteiger partial charge in [0.1, 0.15) is 5.58 Å². The first kappa shape index (κ1) is 20.4. The highest BCUT2D eigenvalue weighted by Gasteiger charge is 2.32. The van der Waals surface area contributed by atoms with Crippen molar-refractivity contribution >= 4 is 48.9 Å². The van der Waals surface area contributed by atoms with Crippen molar-refractivity contribution in [1.29, 1.82) is 0 Å². The summed E-state index contributed by atoms with van der Waals surface area (Å²) in [5.74, 6) is -0.908. The molecule has 31 heavy (non-hydrogen) atoms. The van der Waals surface area contributed by atoms with Crippen molar-refractivity contribution in [1.82, 2.24) is 0 Å². The second-order valence-corrected chi connectivity index (χ2v) is 9.04. The smallest absolute Gasteiger partial charge is 0.396 e. The number of amides is 1. The van der Waals surface area contributed by atoms with E-state index in [4.69, 9.17) is 4.42 Å². The first-order valence-corrected chi connectivity index (χ1v) is 11.0. The number of anilines is 1. The second-order valence-electron chi connectivity index (χ2n) is 6.28. The molecule has 3 aromatic carbocycles. The minimum atomic E-state index is -4.34. The molecule has 0 aliphatic rings. The molecule has 0 N–H and O–H groups in total. The molecule has 156 valence electrons. The van der Waals surface area contributed by atoms with Gasteiger partial charge < -0.3 is 4.42 Å². The lowest BCUT2D eigenvalue weighted by Crippen LogP contribution is -2.37. The highest BCUT2D eigenvalue weighted by molar-refractivity contribution is 7.93. The van der Waals surface area contributed by atoms with Gasteiger partial charge in [-0.25, -0.2) is 13.2 Å². The molecule has 0 saturated carbocycles. The zero-order valence-electron chi connectivity index (χ0n) is 15.5. The van der Waals surface area contributed by atoms with Crippen molar-refractivity contribution in [3.05, 3.63) is 98.2 Å². The van der Waals surface area contributed by atoms with E-state index in [-0.39, 0.29) is 27.4 Å². The van der Waals surface area contributed by atoms with Crippen LogP contribution in [-0.2, 0) is 10.0 Å². The Kier molecular flexibility index (Phi) is 5.13. The summed E-state index contributed by atoms with van der Waals surface area (Å²) in [5.41, 5.74) is -0.0421. The minimum absolute atomic E-state index is 0.00300. The van der Waals surface area contributed by atoms with Gasteiger partial charge in [0.2, 0.25) is 0 Å². The summed E-state index contributed by atoms with van der Waals surface area (Å²) in [6, 6.07) is 16.1. The van der Waals surface area contributed by atoms with Crippen LogP contribution in [-0.4, -0.2) is 19.2 Å². The number of benzene rings is 3. The highest BCUT2D eigenvalue weighted by Crippen LogP contribution is 2.30. The van der Waals surface area contributed by atoms with Gasteiger partial charge in [-0.2, -0.15) is 4.31 Å². The number of hydrogen-bond acceptors (Lipinski definition) is 8. The van der Waals surface area contributed by atoms with Crippen LogP contribution in [0.3, 0.4) is 0 Å². The van der Waals surface area contributed by atoms with E-state index in [1.54, 1.807) is 6.07 Å². The van der Waals surface area contributed by atoms with Crippen LogP contribution >= 0.6 is 11.3 Å². The largest absolute Gasteiger partial charge is 0.414 e. The van der Waals surface area contributed by atoms with Crippen LogP contribution in [0.15, 0.2) is 86.9 Å². The van der Waals surface area contributed by atoms with Crippen molar-refractivity contribution in [2.24, 2.45) is 0 Å². The zero-order valence-corrected chi connectivity index (χ0v) is 17.1. The Hall–Kier alpha value is -3.83. The van der Waals surface area contributed by atoms with Crippen LogP contribution in [0.4, 0.5) is 11.4 Å². The average molecular weight is 456 g/mol. The molecule has 1 aromatic heterocycles. The minimum Gasteiger partial charge on any atom is -0.414 e. The summed E-state index contributed by atoms with van der Waals surface area (Å²) < 4.78 is 32.7. The first-order chi connectivity index (χ1) is 14.8. The van der Waals surface area contributed by atoms with Crippen LogP contribution in [0, 0.1) is 10.1 Å². The fourth-order valence-corrected chi connectivity index (χ4v) is 5.02. The topological polar surface area (TPSA) is 128 Å². The van der Waals surface area contributed by atoms with Crippen molar-refractivity contribution in [2.45, 2.75) is 4.90 Å². The maximum Gasteiger partial charge on any atom is 0.396 e. The molecule has 1 amide bonds. The Bertz CT molecular complexity index is 1460. The number of carbonyl (C=O) groups is 1. The molecule has 0 spiro atoms. The Labute approximate surface area is 179 Å². The van der Waals surface area contributed by atoms with Gasteiger partial charge in [0, 0.05) is 17.7 Å². The Balaban J connectivity index is 1.88. The normalized spacial score (nSPS) is 11.4. The number of sulfonamides is 1. The van der Waals surface area contributed by atoms with Crippen molar-refractivity contribution in [3.63, 3.8) is 0 Å². The molecule has 0 saturated heterocycles. The van der Waals surface area contributed by atoms with E-state index in [2.05, 4.69) is 0 Å². The van der Waals surface area contributed by atoms with Gasteiger partial charge in [0.25, 0.3) is 21.6 Å². The molecule has 11 heteroatoms. The van der Waals surface area contributed by atoms with E-state index in [0.29, 0.717) is 9.01 Å². The van der Waals surface area contributed by atoms with E-state index in [9.17, 15) is 28.1 Å². The van der Waals surface area contributed by atoms with Gasteiger partial charge in [0.05, 0.1) is 20.2 Å². The molecule has 0 bridgehead atoms. The third-order valence-electron chi connectivity index (χ3n) is 4.34. The number of hydrogen-bond donors (Lipinski definition) is 0. The number of nitro benzene ring substituents is 1. The van der Waals surface area contributed by atoms with Gasteiger partial charge in [-0.05, 0) is 42.5 Å². The maximum atomic E-state index is 13.4. The molecular formula is C20H12N2O7S2. The fourth-order valence-electron chi connectivity index (χ4n) is 2.89. The molecule has 0 atom stereocenters. The van der Waals surface area contributed by atoms with Crippen molar-refractivity contribution in [3.8, 4) is 0 Å². The van der Waals surface area contributed by atoms with E-state index in [1.807, 2.05) is 0 Å². The summed E-state index contributed by atoms with van der Waals surface area (Å²) in [6.07, 6.45) is 0. The Morgan fingerprint density at radius 1 is 1.00 bits per heavy atom. The molecule has 0 fully saturated rings. The van der Waals surface area contributed by atoms with Gasteiger partial charge in [0.15, 0.2) is 0 Å². The number of rotatable bonds is 5. The van der Waals surface area contributed by atoms with Crippen LogP contribution in [0.25, 0.3) is 10.3 Å². The molecule has 4 aromatic rings. The molecule has 0 radical (unpaired) electrons. The van der Waals surface area contributed by atoms with E-state index >= 15 is 0 Å². The van der Waals surface area contributed by atoms with Gasteiger partial charge in [-0.15, -0.1) is 0 Å². The highest BCUT2D eigenvalue weighted by atomic mass is 32.2. The van der Waals surface area contributed by atoms with Crippen LogP contribution in [0.5, 0.6) is 0 Å². The lowest BCUT2D eigenvalue weighted by molar-refractivity contribution is -0.384. The molecule has 0 aliphatic carbocycles. The van der Waals surface area contributed by atoms with E-state index < -0.39 is 25.8 Å². The predicted octanol–water partition coefficient (Wildman–Crippen LogP) is 3.80. The van der Waals surface area contributed by atoms with E-state index in [0.717, 1.165) is 23.5 Å². The zero-order chi connectivity index (χ0) is 22.2. The molecule has 1 heterocycles. The standard InChI is InChI=1S/C20H12N2O7S2/c23-19(13-6-8-14(9-7-13)22(25)26)21(31(27,28)16-4-2-1-3-5-16)15-10-11-17-18(12-15)30-20(24)29-17/h1-12H. The first-order valence-electron chi connectivity index (χ1n) is 8.70. The lowest BCUT2D eigenvalue weighted by atomic mass is 10.2. The van der Waals surface area contributed by atoms with Gasteiger partial charge in [-0.3, -0.25) is 14.9 Å². The van der Waals surface area contributed by atoms with E-state index in [1.165, 1.54) is 54.6 Å². The molecule has 0 aliphatic heterocycles. The van der Waals surface area contributed by atoms with Gasteiger partial charge >= 0.3 is 4.94 Å². The summed E-state index contributed by atoms with van der Waals surface area (Å²) >= 11 is 0.773. The summed E-state index contributed by atoms with van der Waals surface area (Å²) in [6.45, 7) is 0. The average Bonchev–Trinajstić information content (AvgIpc) is 3.13. The number of fused-ring (bicyclic) bond motifs is 1. The molecule has 0 unspecified atom stereocenters. The predicted molar refractivity (Wildman–Crippen MR) is 114 cm³/mol. The number of carbonyl (C=O) groups excluding carboxylic acids is 1. The lowest BCUT2D eigenvalue weighted by Gasteiger charge is -2.22. The number of nitro groups is 1. The van der Waals surface area contributed by atoms with Crippen LogP contribution in [0.1, 0.15) is 10.4 Å². The Morgan fingerprint density at radius 2 is 1.68 bits per heavy atom. The molecule has 4 rings (SSSR count). The van der Waals surface area contributed by atoms with Crippen molar-refractivity contribution in [2.75, 3.05) is 4.31 Å². The third-order valence-corrected chi connectivity index (χ3v) is 6.85. The molecule has 9 nitrogen and oxygen atoms in total. The molecular weight excluding hydrogens is 444 g/mol. The number of nitrogens with zero attached hydrogens (tertiary/aromatic N) is 2. The van der Waals surface area contributed by atoms with Crippen molar-refractivity contribution < 1.29 is 22.6 Å². The fraction of sp³-hybridized carbons (Fsp3) is 0.